The fraction of sp³-hybridized carbons (Fsp3) is 0.435. The van der Waals surface area contributed by atoms with Gasteiger partial charge in [-0.1, -0.05) is 193 Å². The number of aliphatic carboxylic acids is 1. The molecule has 3 fully saturated rings. The minimum absolute atomic E-state index is 0.00289. The predicted octanol–water partition coefficient (Wildman–Crippen LogP) is 10.3. The van der Waals surface area contributed by atoms with Gasteiger partial charge in [0.15, 0.2) is 23.6 Å². The molecule has 3 aromatic rings. The lowest BCUT2D eigenvalue weighted by Crippen LogP contribution is -2.82. The van der Waals surface area contributed by atoms with Crippen molar-refractivity contribution in [2.75, 3.05) is 6.61 Å². The smallest absolute Gasteiger partial charge is 0.338 e. The number of nitrogens with one attached hydrogen (secondary N) is 1. The standard InChI is InChI=1S/C47H51NO14.C22H32O2/c1-25-31(60-43(56)36(52)35(28-16-10-7-11-17-28)48-41(54)29-18-12-8-13-19-29)23-47(57)40(61-42(55)30-20-14-9-15-21-30)38-45(6,32(51)22-33-46(38,24-58-33)62-27(3)50)39(53)37(59-26(2)49)34(25)44(47,4)5;1-2-3-4-5-6-7-8-9-10-11-12-13-14-15-16-17-18-19-20-21-22(23)24/h7-21,31-33,35-38,40,51-52,57H,22-24H2,1-6H3,(H,48,54);10-21H,2-9H2,1H3,(H,23,24)/t31-,32-,33+,35-,36+,37+,38-,40-,45+,46-,47+;/m0./s1. The number of benzene rings is 3. The average Bonchev–Trinajstić information content (AvgIpc) is 0.673. The van der Waals surface area contributed by atoms with Crippen LogP contribution in [-0.2, 0) is 47.7 Å². The number of aliphatic hydroxyl groups excluding tert-OH is 2. The van der Waals surface area contributed by atoms with Crippen LogP contribution in [0.25, 0.3) is 0 Å². The first-order valence-corrected chi connectivity index (χ1v) is 29.5. The van der Waals surface area contributed by atoms with Crippen LogP contribution in [0.4, 0.5) is 0 Å². The van der Waals surface area contributed by atoms with E-state index in [2.05, 4.69) is 24.4 Å². The number of allylic oxidation sites excluding steroid dienone is 11. The van der Waals surface area contributed by atoms with E-state index in [1.54, 1.807) is 105 Å². The fourth-order valence-corrected chi connectivity index (χ4v) is 12.2. The summed E-state index contributed by atoms with van der Waals surface area (Å²) in [7, 11) is 0. The van der Waals surface area contributed by atoms with Crippen LogP contribution in [0.3, 0.4) is 0 Å². The summed E-state index contributed by atoms with van der Waals surface area (Å²) in [5.74, 6) is -7.78. The highest BCUT2D eigenvalue weighted by molar-refractivity contribution is 5.96. The topological polar surface area (TPSA) is 259 Å². The summed E-state index contributed by atoms with van der Waals surface area (Å²) >= 11 is 0. The lowest BCUT2D eigenvalue weighted by Gasteiger charge is -2.67. The molecule has 1 heterocycles. The summed E-state index contributed by atoms with van der Waals surface area (Å²) in [5, 5.41) is 48.6. The molecule has 3 aliphatic carbocycles. The summed E-state index contributed by atoms with van der Waals surface area (Å²) in [5.41, 5.74) is -7.02. The molecule has 17 nitrogen and oxygen atoms in total. The Labute approximate surface area is 504 Å². The van der Waals surface area contributed by atoms with Crippen molar-refractivity contribution >= 4 is 41.5 Å². The lowest BCUT2D eigenvalue weighted by molar-refractivity contribution is -0.346. The third-order valence-electron chi connectivity index (χ3n) is 16.8. The van der Waals surface area contributed by atoms with E-state index < -0.39 is 119 Å². The summed E-state index contributed by atoms with van der Waals surface area (Å²) < 4.78 is 30.3. The Hall–Kier alpha value is -7.83. The van der Waals surface area contributed by atoms with Crippen molar-refractivity contribution in [2.45, 2.75) is 167 Å². The van der Waals surface area contributed by atoms with Gasteiger partial charge in [-0.05, 0) is 67.7 Å². The highest BCUT2D eigenvalue weighted by atomic mass is 16.6. The maximum absolute atomic E-state index is 15.5. The number of carbonyl (C=O) groups is 7. The molecule has 1 aliphatic heterocycles. The first-order chi connectivity index (χ1) is 41.0. The number of rotatable bonds is 24. The molecule has 11 atom stereocenters. The van der Waals surface area contributed by atoms with E-state index in [1.165, 1.54) is 77.0 Å². The molecule has 460 valence electrons. The number of hydrogen-bond acceptors (Lipinski definition) is 15. The molecule has 2 saturated carbocycles. The Balaban J connectivity index is 0.000000417. The quantitative estimate of drug-likeness (QED) is 0.0140. The zero-order valence-corrected chi connectivity index (χ0v) is 50.2. The van der Waals surface area contributed by atoms with E-state index >= 15 is 4.79 Å². The molecule has 4 aliphatic rings. The molecular formula is C69H83NO16. The van der Waals surface area contributed by atoms with E-state index in [9.17, 15) is 44.1 Å². The minimum atomic E-state index is -2.39. The van der Waals surface area contributed by atoms with Crippen LogP contribution in [0.1, 0.15) is 145 Å². The highest BCUT2D eigenvalue weighted by Crippen LogP contribution is 2.64. The van der Waals surface area contributed by atoms with E-state index in [1.807, 2.05) is 36.5 Å². The monoisotopic (exact) mass is 1180 g/mol. The number of unbranched alkanes of at least 4 members (excludes halogenated alkanes) is 7. The Bertz CT molecular complexity index is 3050. The second kappa shape index (κ2) is 31.0. The van der Waals surface area contributed by atoms with E-state index in [-0.39, 0.29) is 35.3 Å². The Morgan fingerprint density at radius 1 is 0.721 bits per heavy atom. The van der Waals surface area contributed by atoms with Crippen LogP contribution in [0.5, 0.6) is 0 Å². The van der Waals surface area contributed by atoms with Crippen molar-refractivity contribution in [3.8, 4) is 0 Å². The first kappa shape index (κ1) is 67.3. The van der Waals surface area contributed by atoms with Crippen molar-refractivity contribution in [1.29, 1.82) is 0 Å². The maximum atomic E-state index is 15.5. The normalized spacial score (nSPS) is 26.6. The number of esters is 4. The van der Waals surface area contributed by atoms with E-state index in [4.69, 9.17) is 28.8 Å². The number of carbonyl (C=O) groups excluding carboxylic acids is 6. The highest BCUT2D eigenvalue weighted by Gasteiger charge is 2.78. The van der Waals surface area contributed by atoms with Crippen molar-refractivity contribution in [3.05, 3.63) is 192 Å². The van der Waals surface area contributed by atoms with Crippen molar-refractivity contribution in [2.24, 2.45) is 16.7 Å². The number of amides is 1. The van der Waals surface area contributed by atoms with Gasteiger partial charge in [-0.3, -0.25) is 19.2 Å². The van der Waals surface area contributed by atoms with Crippen molar-refractivity contribution in [1.82, 2.24) is 5.32 Å². The van der Waals surface area contributed by atoms with Crippen LogP contribution >= 0.6 is 0 Å². The lowest BCUT2D eigenvalue weighted by atomic mass is 9.44. The fourth-order valence-electron chi connectivity index (χ4n) is 12.2. The number of carboxylic acid groups (broad SMARTS) is 1. The first-order valence-electron chi connectivity index (χ1n) is 29.5. The molecule has 1 amide bonds. The van der Waals surface area contributed by atoms with E-state index in [0.717, 1.165) is 26.3 Å². The SMILES string of the molecule is CC(=O)O[C@H]1C(=O)[C@@]2(C)[C@H]([C@H](OC(=O)c3ccccc3)[C@]3(O)C[C@H](OC(=O)[C@H](O)[C@@H](NC(=O)c4ccccc4)c4ccccc4)C(C)=C1C3(C)C)[C@]1(OC(C)=O)CO[C@@H]1C[C@@H]2O.CCCCCCCCCC=CC=CC=CC=CC=CC=CC(=O)O. The Kier molecular flexibility index (Phi) is 24.3. The van der Waals surface area contributed by atoms with Gasteiger partial charge in [-0.25, -0.2) is 14.4 Å². The van der Waals surface area contributed by atoms with Crippen LogP contribution in [0, 0.1) is 16.7 Å². The molecule has 2 bridgehead atoms. The molecule has 17 heteroatoms. The number of Topliss-reactive ketones (excluding diaryl/α,β-unsaturated/α-hetero) is 1. The van der Waals surface area contributed by atoms with Gasteiger partial charge in [0.2, 0.25) is 0 Å². The summed E-state index contributed by atoms with van der Waals surface area (Å²) in [6.45, 7) is 10.2. The molecule has 1 saturated heterocycles. The number of hydrogen-bond donors (Lipinski definition) is 5. The van der Waals surface area contributed by atoms with Crippen LogP contribution in [0.15, 0.2) is 175 Å². The van der Waals surface area contributed by atoms with Gasteiger partial charge in [-0.2, -0.15) is 0 Å². The van der Waals surface area contributed by atoms with Gasteiger partial charge in [0, 0.05) is 43.7 Å². The third-order valence-corrected chi connectivity index (χ3v) is 16.8. The predicted molar refractivity (Wildman–Crippen MR) is 323 cm³/mol. The van der Waals surface area contributed by atoms with Gasteiger partial charge >= 0.3 is 29.8 Å². The second-order valence-corrected chi connectivity index (χ2v) is 22.9. The maximum Gasteiger partial charge on any atom is 0.338 e. The van der Waals surface area contributed by atoms with Crippen molar-refractivity contribution < 1.29 is 77.7 Å². The average molecular weight is 1180 g/mol. The van der Waals surface area contributed by atoms with Crippen LogP contribution in [-0.4, -0.2) is 116 Å². The molecule has 5 N–H and O–H groups in total. The molecule has 7 rings (SSSR count). The number of carboxylic acids is 1. The summed E-state index contributed by atoms with van der Waals surface area (Å²) in [6.07, 6.45) is 22.2. The number of fused-ring (bicyclic) bond motifs is 5. The zero-order valence-electron chi connectivity index (χ0n) is 50.2. The van der Waals surface area contributed by atoms with Crippen LogP contribution in [0.2, 0.25) is 0 Å². The van der Waals surface area contributed by atoms with Gasteiger partial charge in [0.25, 0.3) is 5.91 Å². The third kappa shape index (κ3) is 16.0. The van der Waals surface area contributed by atoms with Crippen LogP contribution < -0.4 is 5.32 Å². The molecule has 0 spiro atoms. The molecular weight excluding hydrogens is 1100 g/mol. The summed E-state index contributed by atoms with van der Waals surface area (Å²) in [6, 6.07) is 22.9. The largest absolute Gasteiger partial charge is 0.478 e. The van der Waals surface area contributed by atoms with Gasteiger partial charge in [-0.15, -0.1) is 0 Å². The molecule has 0 aromatic heterocycles. The minimum Gasteiger partial charge on any atom is -0.478 e. The number of ketones is 1. The Morgan fingerprint density at radius 2 is 1.27 bits per heavy atom. The van der Waals surface area contributed by atoms with Gasteiger partial charge in [0.05, 0.1) is 35.6 Å². The second-order valence-electron chi connectivity index (χ2n) is 22.9. The van der Waals surface area contributed by atoms with Gasteiger partial charge < -0.3 is 49.4 Å². The zero-order chi connectivity index (χ0) is 62.7. The number of ether oxygens (including phenoxy) is 5. The molecule has 0 unspecified atom stereocenters. The Morgan fingerprint density at radius 3 is 1.81 bits per heavy atom. The number of aliphatic hydroxyl groups is 3. The van der Waals surface area contributed by atoms with E-state index in [0.29, 0.717) is 5.56 Å². The van der Waals surface area contributed by atoms with Gasteiger partial charge in [0.1, 0.15) is 23.9 Å². The molecule has 3 aromatic carbocycles. The summed E-state index contributed by atoms with van der Waals surface area (Å²) in [4.78, 5) is 93.7. The molecule has 86 heavy (non-hydrogen) atoms. The van der Waals surface area contributed by atoms with Crippen molar-refractivity contribution in [3.63, 3.8) is 0 Å². The molecule has 0 radical (unpaired) electrons.